The van der Waals surface area contributed by atoms with E-state index >= 15 is 0 Å². The molecule has 10 heteroatoms. The summed E-state index contributed by atoms with van der Waals surface area (Å²) in [7, 11) is 0. The van der Waals surface area contributed by atoms with Crippen molar-refractivity contribution in [2.45, 2.75) is 17.1 Å². The van der Waals surface area contributed by atoms with Gasteiger partial charge in [0.05, 0.1) is 11.1 Å². The molecule has 0 aliphatic carbocycles. The fraction of sp³-hybridized carbons (Fsp3) is 0.133. The largest absolute Gasteiger partial charge is 0.454 e. The summed E-state index contributed by atoms with van der Waals surface area (Å²) in [5, 5.41) is 14.3. The van der Waals surface area contributed by atoms with E-state index in [4.69, 9.17) is 9.47 Å². The summed E-state index contributed by atoms with van der Waals surface area (Å²) in [6.45, 7) is 2.08. The van der Waals surface area contributed by atoms with Crippen LogP contribution in [-0.2, 0) is 0 Å². The number of benzene rings is 1. The minimum Gasteiger partial charge on any atom is -0.454 e. The Morgan fingerprint density at radius 3 is 3.04 bits per heavy atom. The Labute approximate surface area is 145 Å². The maximum absolute atomic E-state index is 5.42. The van der Waals surface area contributed by atoms with Gasteiger partial charge < -0.3 is 14.5 Å². The molecule has 0 saturated heterocycles. The summed E-state index contributed by atoms with van der Waals surface area (Å²) in [4.78, 5) is 12.0. The highest BCUT2D eigenvalue weighted by Gasteiger charge is 2.18. The summed E-state index contributed by atoms with van der Waals surface area (Å²) in [6, 6.07) is 7.50. The Balaban J connectivity index is 1.56. The van der Waals surface area contributed by atoms with Crippen LogP contribution in [0.15, 0.2) is 40.6 Å². The molecule has 5 rings (SSSR count). The number of nitrogens with one attached hydrogen (secondary N) is 1. The number of rotatable bonds is 3. The first-order chi connectivity index (χ1) is 12.3. The number of aromatic amines is 1. The lowest BCUT2D eigenvalue weighted by Crippen LogP contribution is -2.00. The average molecular weight is 353 g/mol. The van der Waals surface area contributed by atoms with Gasteiger partial charge in [0.2, 0.25) is 11.9 Å². The van der Waals surface area contributed by atoms with Crippen LogP contribution in [-0.4, -0.2) is 42.0 Å². The van der Waals surface area contributed by atoms with Crippen molar-refractivity contribution < 1.29 is 9.47 Å². The minimum absolute atomic E-state index is 0.224. The number of tetrazole rings is 1. The Morgan fingerprint density at radius 1 is 1.16 bits per heavy atom. The van der Waals surface area contributed by atoms with E-state index in [0.29, 0.717) is 22.5 Å². The molecule has 0 saturated carbocycles. The van der Waals surface area contributed by atoms with Crippen LogP contribution in [0.25, 0.3) is 16.7 Å². The van der Waals surface area contributed by atoms with Crippen molar-refractivity contribution >= 4 is 22.8 Å². The van der Waals surface area contributed by atoms with Gasteiger partial charge in [0.25, 0.3) is 0 Å². The third-order valence-electron chi connectivity index (χ3n) is 3.72. The quantitative estimate of drug-likeness (QED) is 0.559. The number of fused-ring (bicyclic) bond motifs is 2. The zero-order valence-corrected chi connectivity index (χ0v) is 13.8. The van der Waals surface area contributed by atoms with E-state index < -0.39 is 0 Å². The molecular weight excluding hydrogens is 342 g/mol. The number of aromatic nitrogens is 7. The fourth-order valence-electron chi connectivity index (χ4n) is 2.61. The maximum Gasteiger partial charge on any atom is 0.231 e. The van der Waals surface area contributed by atoms with Crippen LogP contribution < -0.4 is 9.47 Å². The van der Waals surface area contributed by atoms with Gasteiger partial charge in [-0.25, -0.2) is 9.97 Å². The molecule has 1 aliphatic heterocycles. The molecule has 0 spiro atoms. The minimum atomic E-state index is 0.224. The lowest BCUT2D eigenvalue weighted by molar-refractivity contribution is 0.174. The van der Waals surface area contributed by atoms with Crippen molar-refractivity contribution in [1.82, 2.24) is 35.2 Å². The van der Waals surface area contributed by atoms with Gasteiger partial charge in [-0.1, -0.05) is 0 Å². The van der Waals surface area contributed by atoms with Crippen LogP contribution in [0.4, 0.5) is 0 Å². The second-order valence-corrected chi connectivity index (χ2v) is 6.28. The van der Waals surface area contributed by atoms with Crippen LogP contribution in [0.5, 0.6) is 11.5 Å². The monoisotopic (exact) mass is 353 g/mol. The van der Waals surface area contributed by atoms with E-state index in [0.717, 1.165) is 21.7 Å². The zero-order chi connectivity index (χ0) is 16.8. The van der Waals surface area contributed by atoms with E-state index in [1.54, 1.807) is 4.68 Å². The van der Waals surface area contributed by atoms with Crippen molar-refractivity contribution in [2.24, 2.45) is 0 Å². The molecule has 4 aromatic rings. The molecule has 0 bridgehead atoms. The van der Waals surface area contributed by atoms with Crippen LogP contribution in [0.3, 0.4) is 0 Å². The highest BCUT2D eigenvalue weighted by atomic mass is 32.2. The smallest absolute Gasteiger partial charge is 0.231 e. The average Bonchev–Trinajstić information content (AvgIpc) is 3.33. The standard InChI is InChI=1S/C15H11N7O2S/c1-8-17-13-10(4-5-16-13)14(18-8)25-15-19-20-21-22(15)9-2-3-11-12(6-9)24-7-23-11/h2-6H,7H2,1H3,(H,16,17,18). The fourth-order valence-corrected chi connectivity index (χ4v) is 3.54. The van der Waals surface area contributed by atoms with Gasteiger partial charge in [-0.2, -0.15) is 4.68 Å². The maximum atomic E-state index is 5.42. The number of ether oxygens (including phenoxy) is 2. The van der Waals surface area contributed by atoms with E-state index in [9.17, 15) is 0 Å². The Kier molecular flexibility index (Phi) is 3.10. The predicted molar refractivity (Wildman–Crippen MR) is 88.0 cm³/mol. The van der Waals surface area contributed by atoms with Gasteiger partial charge in [0.1, 0.15) is 16.5 Å². The van der Waals surface area contributed by atoms with Crippen molar-refractivity contribution in [3.63, 3.8) is 0 Å². The van der Waals surface area contributed by atoms with Crippen LogP contribution in [0, 0.1) is 6.92 Å². The van der Waals surface area contributed by atoms with E-state index in [-0.39, 0.29) is 6.79 Å². The van der Waals surface area contributed by atoms with Gasteiger partial charge in [0, 0.05) is 12.3 Å². The van der Waals surface area contributed by atoms with E-state index in [1.165, 1.54) is 11.8 Å². The van der Waals surface area contributed by atoms with Gasteiger partial charge >= 0.3 is 0 Å². The normalized spacial score (nSPS) is 12.8. The summed E-state index contributed by atoms with van der Waals surface area (Å²) >= 11 is 1.38. The zero-order valence-electron chi connectivity index (χ0n) is 13.0. The Morgan fingerprint density at radius 2 is 2.08 bits per heavy atom. The lowest BCUT2D eigenvalue weighted by Gasteiger charge is -2.06. The van der Waals surface area contributed by atoms with Crippen LogP contribution in [0.1, 0.15) is 5.82 Å². The number of hydrogen-bond acceptors (Lipinski definition) is 8. The van der Waals surface area contributed by atoms with Crippen LogP contribution >= 0.6 is 11.8 Å². The molecule has 0 radical (unpaired) electrons. The lowest BCUT2D eigenvalue weighted by atomic mass is 10.3. The first-order valence-electron chi connectivity index (χ1n) is 7.46. The molecule has 0 amide bonds. The molecule has 124 valence electrons. The third kappa shape index (κ3) is 2.38. The van der Waals surface area contributed by atoms with E-state index in [2.05, 4.69) is 30.5 Å². The van der Waals surface area contributed by atoms with Gasteiger partial charge in [-0.15, -0.1) is 5.10 Å². The van der Waals surface area contributed by atoms with Crippen LogP contribution in [0.2, 0.25) is 0 Å². The van der Waals surface area contributed by atoms with Gasteiger partial charge in [-0.3, -0.25) is 0 Å². The molecule has 0 atom stereocenters. The molecule has 9 nitrogen and oxygen atoms in total. The molecule has 25 heavy (non-hydrogen) atoms. The molecule has 1 N–H and O–H groups in total. The number of aryl methyl sites for hydroxylation is 1. The van der Waals surface area contributed by atoms with Crippen molar-refractivity contribution in [1.29, 1.82) is 0 Å². The molecule has 3 aromatic heterocycles. The summed E-state index contributed by atoms with van der Waals surface area (Å²) < 4.78 is 12.4. The molecule has 1 aromatic carbocycles. The van der Waals surface area contributed by atoms with Gasteiger partial charge in [-0.05, 0) is 47.3 Å². The Hall–Kier alpha value is -3.14. The summed E-state index contributed by atoms with van der Waals surface area (Å²) in [5.41, 5.74) is 1.57. The van der Waals surface area contributed by atoms with E-state index in [1.807, 2.05) is 37.4 Å². The van der Waals surface area contributed by atoms with Crippen molar-refractivity contribution in [2.75, 3.05) is 6.79 Å². The first kappa shape index (κ1) is 14.2. The molecule has 4 heterocycles. The van der Waals surface area contributed by atoms with Crippen molar-refractivity contribution in [3.05, 3.63) is 36.3 Å². The SMILES string of the molecule is Cc1nc(Sc2nnnn2-c2ccc3c(c2)OCO3)c2cc[nH]c2n1. The number of H-pyrrole nitrogens is 1. The van der Waals surface area contributed by atoms with Crippen molar-refractivity contribution in [3.8, 4) is 17.2 Å². The summed E-state index contributed by atoms with van der Waals surface area (Å²) in [6.07, 6.45) is 1.84. The third-order valence-corrected chi connectivity index (χ3v) is 4.66. The predicted octanol–water partition coefficient (Wildman–Crippen LogP) is 2.12. The Bertz CT molecular complexity index is 1090. The highest BCUT2D eigenvalue weighted by molar-refractivity contribution is 7.99. The second-order valence-electron chi connectivity index (χ2n) is 5.33. The number of nitrogens with zero attached hydrogens (tertiary/aromatic N) is 6. The molecule has 1 aliphatic rings. The first-order valence-corrected chi connectivity index (χ1v) is 8.27. The molecule has 0 fully saturated rings. The molecular formula is C15H11N7O2S. The highest BCUT2D eigenvalue weighted by Crippen LogP contribution is 2.35. The van der Waals surface area contributed by atoms with Gasteiger partial charge in [0.15, 0.2) is 11.5 Å². The topological polar surface area (TPSA) is 104 Å². The summed E-state index contributed by atoms with van der Waals surface area (Å²) in [5.74, 6) is 2.07. The number of hydrogen-bond donors (Lipinski definition) is 1. The molecule has 0 unspecified atom stereocenters. The second kappa shape index (κ2) is 5.45.